The molecule has 0 aliphatic carbocycles. The Labute approximate surface area is 167 Å². The van der Waals surface area contributed by atoms with Crippen LogP contribution < -0.4 is 5.32 Å². The van der Waals surface area contributed by atoms with Gasteiger partial charge in [-0.1, -0.05) is 49.2 Å². The van der Waals surface area contributed by atoms with Gasteiger partial charge in [0.15, 0.2) is 0 Å². The first-order valence-corrected chi connectivity index (χ1v) is 9.47. The Kier molecular flexibility index (Phi) is 6.41. The van der Waals surface area contributed by atoms with Gasteiger partial charge in [0, 0.05) is 10.6 Å². The Morgan fingerprint density at radius 1 is 1.18 bits per heavy atom. The standard InChI is InChI=1S/C21H21ClFN3O2/c1-3-13(2)19(24-18(27)12-14-4-10-17(23)11-5-14)21-25-20(26-28-21)15-6-8-16(22)9-7-15/h4-11,13,19H,3,12H2,1-2H3,(H,24,27)/t13-,19+/m1/s1. The Hall–Kier alpha value is -2.73. The summed E-state index contributed by atoms with van der Waals surface area (Å²) in [5.74, 6) is 0.362. The van der Waals surface area contributed by atoms with Gasteiger partial charge in [0.2, 0.25) is 17.6 Å². The molecule has 0 saturated carbocycles. The molecule has 0 aliphatic heterocycles. The van der Waals surface area contributed by atoms with E-state index < -0.39 is 6.04 Å². The molecule has 0 saturated heterocycles. The van der Waals surface area contributed by atoms with Crippen LogP contribution in [0.15, 0.2) is 53.1 Å². The fourth-order valence-corrected chi connectivity index (χ4v) is 2.90. The highest BCUT2D eigenvalue weighted by Gasteiger charge is 2.26. The second kappa shape index (κ2) is 8.97. The van der Waals surface area contributed by atoms with Crippen LogP contribution in [0.4, 0.5) is 4.39 Å². The van der Waals surface area contributed by atoms with Crippen molar-refractivity contribution in [2.45, 2.75) is 32.7 Å². The Morgan fingerprint density at radius 3 is 2.50 bits per heavy atom. The molecule has 3 rings (SSSR count). The van der Waals surface area contributed by atoms with E-state index in [-0.39, 0.29) is 24.1 Å². The number of nitrogens with zero attached hydrogens (tertiary/aromatic N) is 2. The molecule has 0 unspecified atom stereocenters. The number of amides is 1. The Balaban J connectivity index is 1.75. The van der Waals surface area contributed by atoms with Crippen molar-refractivity contribution in [3.8, 4) is 11.4 Å². The predicted octanol–water partition coefficient (Wildman–Crippen LogP) is 4.98. The van der Waals surface area contributed by atoms with E-state index in [0.29, 0.717) is 16.7 Å². The summed E-state index contributed by atoms with van der Waals surface area (Å²) in [6.07, 6.45) is 0.964. The van der Waals surface area contributed by atoms with E-state index in [4.69, 9.17) is 16.1 Å². The van der Waals surface area contributed by atoms with Crippen molar-refractivity contribution in [2.24, 2.45) is 5.92 Å². The molecule has 3 aromatic rings. The summed E-state index contributed by atoms with van der Waals surface area (Å²) >= 11 is 5.92. The second-order valence-corrected chi connectivity index (χ2v) is 7.13. The zero-order valence-corrected chi connectivity index (χ0v) is 16.4. The average Bonchev–Trinajstić information content (AvgIpc) is 3.17. The number of carbonyl (C=O) groups excluding carboxylic acids is 1. The maximum absolute atomic E-state index is 13.0. The Morgan fingerprint density at radius 2 is 1.86 bits per heavy atom. The van der Waals surface area contributed by atoms with Crippen LogP contribution in [0.2, 0.25) is 5.02 Å². The van der Waals surface area contributed by atoms with Crippen molar-refractivity contribution in [3.05, 3.63) is 70.8 Å². The smallest absolute Gasteiger partial charge is 0.249 e. The van der Waals surface area contributed by atoms with E-state index in [9.17, 15) is 9.18 Å². The summed E-state index contributed by atoms with van der Waals surface area (Å²) in [4.78, 5) is 17.0. The lowest BCUT2D eigenvalue weighted by molar-refractivity contribution is -0.121. The number of rotatable bonds is 7. The molecule has 7 heteroatoms. The molecule has 0 fully saturated rings. The van der Waals surface area contributed by atoms with E-state index in [0.717, 1.165) is 17.5 Å². The van der Waals surface area contributed by atoms with Crippen LogP contribution in [0.1, 0.15) is 37.8 Å². The largest absolute Gasteiger partial charge is 0.344 e. The second-order valence-electron chi connectivity index (χ2n) is 6.70. The minimum Gasteiger partial charge on any atom is -0.344 e. The monoisotopic (exact) mass is 401 g/mol. The molecule has 2 atom stereocenters. The molecule has 1 N–H and O–H groups in total. The van der Waals surface area contributed by atoms with Crippen molar-refractivity contribution in [1.29, 1.82) is 0 Å². The van der Waals surface area contributed by atoms with Gasteiger partial charge < -0.3 is 9.84 Å². The van der Waals surface area contributed by atoms with Crippen LogP contribution in [0.25, 0.3) is 11.4 Å². The van der Waals surface area contributed by atoms with Crippen molar-refractivity contribution >= 4 is 17.5 Å². The zero-order valence-electron chi connectivity index (χ0n) is 15.7. The molecule has 146 valence electrons. The number of halogens is 2. The summed E-state index contributed by atoms with van der Waals surface area (Å²) < 4.78 is 18.5. The van der Waals surface area contributed by atoms with Gasteiger partial charge in [-0.15, -0.1) is 0 Å². The molecule has 1 aromatic heterocycles. The summed E-state index contributed by atoms with van der Waals surface area (Å²) in [6.45, 7) is 4.04. The normalized spacial score (nSPS) is 13.1. The quantitative estimate of drug-likeness (QED) is 0.606. The minimum absolute atomic E-state index is 0.0932. The minimum atomic E-state index is -0.411. The number of aromatic nitrogens is 2. The van der Waals surface area contributed by atoms with Crippen molar-refractivity contribution < 1.29 is 13.7 Å². The topological polar surface area (TPSA) is 68.0 Å². The van der Waals surface area contributed by atoms with Gasteiger partial charge in [-0.3, -0.25) is 4.79 Å². The zero-order chi connectivity index (χ0) is 20.1. The molecule has 28 heavy (non-hydrogen) atoms. The van der Waals surface area contributed by atoms with E-state index in [1.807, 2.05) is 26.0 Å². The molecule has 2 aromatic carbocycles. The first-order chi connectivity index (χ1) is 13.5. The van der Waals surface area contributed by atoms with Crippen LogP contribution in [0.5, 0.6) is 0 Å². The van der Waals surface area contributed by atoms with Gasteiger partial charge in [0.05, 0.1) is 6.42 Å². The van der Waals surface area contributed by atoms with E-state index >= 15 is 0 Å². The molecule has 0 spiro atoms. The van der Waals surface area contributed by atoms with Crippen molar-refractivity contribution in [1.82, 2.24) is 15.5 Å². The molecular weight excluding hydrogens is 381 g/mol. The van der Waals surface area contributed by atoms with Gasteiger partial charge in [-0.25, -0.2) is 4.39 Å². The van der Waals surface area contributed by atoms with Crippen LogP contribution in [0, 0.1) is 11.7 Å². The third-order valence-corrected chi connectivity index (χ3v) is 4.87. The van der Waals surface area contributed by atoms with Crippen LogP contribution in [0.3, 0.4) is 0 Å². The molecule has 0 bridgehead atoms. The highest BCUT2D eigenvalue weighted by molar-refractivity contribution is 6.30. The van der Waals surface area contributed by atoms with Crippen molar-refractivity contribution in [2.75, 3.05) is 0 Å². The SMILES string of the molecule is CC[C@@H](C)[C@H](NC(=O)Cc1ccc(F)cc1)c1nc(-c2ccc(Cl)cc2)no1. The lowest BCUT2D eigenvalue weighted by Gasteiger charge is -2.20. The van der Waals surface area contributed by atoms with Gasteiger partial charge in [0.1, 0.15) is 11.9 Å². The first-order valence-electron chi connectivity index (χ1n) is 9.09. The van der Waals surface area contributed by atoms with Gasteiger partial charge in [-0.2, -0.15) is 4.98 Å². The van der Waals surface area contributed by atoms with Crippen molar-refractivity contribution in [3.63, 3.8) is 0 Å². The van der Waals surface area contributed by atoms with Crippen LogP contribution >= 0.6 is 11.6 Å². The first kappa shape index (κ1) is 20.0. The third kappa shape index (κ3) is 4.95. The Bertz CT molecular complexity index is 926. The number of hydrogen-bond acceptors (Lipinski definition) is 4. The van der Waals surface area contributed by atoms with Gasteiger partial charge in [-0.05, 0) is 47.9 Å². The predicted molar refractivity (Wildman–Crippen MR) is 105 cm³/mol. The number of carbonyl (C=O) groups is 1. The maximum atomic E-state index is 13.0. The molecular formula is C21H21ClFN3O2. The summed E-state index contributed by atoms with van der Waals surface area (Å²) in [5.41, 5.74) is 1.51. The van der Waals surface area contributed by atoms with E-state index in [1.54, 1.807) is 24.3 Å². The molecule has 1 heterocycles. The average molecular weight is 402 g/mol. The lowest BCUT2D eigenvalue weighted by Crippen LogP contribution is -2.33. The lowest BCUT2D eigenvalue weighted by atomic mass is 9.98. The number of hydrogen-bond donors (Lipinski definition) is 1. The van der Waals surface area contributed by atoms with Crippen LogP contribution in [-0.4, -0.2) is 16.0 Å². The summed E-state index contributed by atoms with van der Waals surface area (Å²) in [6, 6.07) is 12.6. The summed E-state index contributed by atoms with van der Waals surface area (Å²) in [7, 11) is 0. The highest BCUT2D eigenvalue weighted by Crippen LogP contribution is 2.26. The molecule has 5 nitrogen and oxygen atoms in total. The fourth-order valence-electron chi connectivity index (χ4n) is 2.77. The van der Waals surface area contributed by atoms with Gasteiger partial charge >= 0.3 is 0 Å². The third-order valence-electron chi connectivity index (χ3n) is 4.62. The fraction of sp³-hybridized carbons (Fsp3) is 0.286. The maximum Gasteiger partial charge on any atom is 0.249 e. The van der Waals surface area contributed by atoms with E-state index in [1.165, 1.54) is 12.1 Å². The highest BCUT2D eigenvalue weighted by atomic mass is 35.5. The van der Waals surface area contributed by atoms with Crippen LogP contribution in [-0.2, 0) is 11.2 Å². The van der Waals surface area contributed by atoms with E-state index in [2.05, 4.69) is 15.5 Å². The van der Waals surface area contributed by atoms with Gasteiger partial charge in [0.25, 0.3) is 0 Å². The number of nitrogens with one attached hydrogen (secondary N) is 1. The summed E-state index contributed by atoms with van der Waals surface area (Å²) in [5, 5.41) is 7.63. The molecule has 0 radical (unpaired) electrons. The molecule has 0 aliphatic rings. The molecule has 1 amide bonds. The number of benzene rings is 2.